The largest absolute Gasteiger partial charge is 0.336 e. The van der Waals surface area contributed by atoms with Gasteiger partial charge in [-0.05, 0) is 57.6 Å². The number of piperidine rings is 1. The van der Waals surface area contributed by atoms with Gasteiger partial charge >= 0.3 is 5.69 Å². The maximum Gasteiger partial charge on any atom is 0.330 e. The molecule has 7 nitrogen and oxygen atoms in total. The van der Waals surface area contributed by atoms with E-state index >= 15 is 0 Å². The summed E-state index contributed by atoms with van der Waals surface area (Å²) < 4.78 is 3.72. The third-order valence-corrected chi connectivity index (χ3v) is 7.07. The summed E-state index contributed by atoms with van der Waals surface area (Å²) in [7, 11) is 0. The Morgan fingerprint density at radius 2 is 2.10 bits per heavy atom. The second kappa shape index (κ2) is 7.09. The molecular weight excluding hydrogens is 386 g/mol. The molecule has 0 aromatic carbocycles. The van der Waals surface area contributed by atoms with Crippen LogP contribution in [0.4, 0.5) is 0 Å². The lowest BCUT2D eigenvalue weighted by molar-refractivity contribution is 0.0683. The van der Waals surface area contributed by atoms with Crippen molar-refractivity contribution in [1.29, 1.82) is 0 Å². The standard InChI is InChI=1S/C21H25N5O2S/c1-13-18(29-14(2)23-13)20(27)24-10-4-5-16(12-24)26-19-17(6-3-9-22-19)25(21(26)28)11-15-7-8-15/h3,6,9,15-16H,4-5,7-8,10-12H2,1-2H3/t16-/m0/s1. The number of aryl methyl sites for hydroxylation is 2. The molecule has 3 aromatic rings. The number of imidazole rings is 1. The maximum absolute atomic E-state index is 13.3. The normalized spacial score (nSPS) is 19.8. The molecule has 4 heterocycles. The summed E-state index contributed by atoms with van der Waals surface area (Å²) in [4.78, 5) is 38.0. The van der Waals surface area contributed by atoms with Gasteiger partial charge in [0.1, 0.15) is 4.88 Å². The van der Waals surface area contributed by atoms with Gasteiger partial charge in [-0.25, -0.2) is 14.8 Å². The highest BCUT2D eigenvalue weighted by Gasteiger charge is 2.31. The van der Waals surface area contributed by atoms with Gasteiger partial charge in [-0.15, -0.1) is 11.3 Å². The molecule has 1 aliphatic heterocycles. The van der Waals surface area contributed by atoms with Crippen molar-refractivity contribution < 1.29 is 4.79 Å². The van der Waals surface area contributed by atoms with E-state index in [2.05, 4.69) is 9.97 Å². The molecule has 2 aliphatic rings. The van der Waals surface area contributed by atoms with E-state index in [0.29, 0.717) is 23.9 Å². The molecule has 1 atom stereocenters. The number of nitrogens with zero attached hydrogens (tertiary/aromatic N) is 5. The predicted octanol–water partition coefficient (Wildman–Crippen LogP) is 3.16. The summed E-state index contributed by atoms with van der Waals surface area (Å²) in [6, 6.07) is 3.83. The number of carbonyl (C=O) groups is 1. The molecule has 2 fully saturated rings. The van der Waals surface area contributed by atoms with Crippen LogP contribution in [0.25, 0.3) is 11.2 Å². The van der Waals surface area contributed by atoms with Crippen molar-refractivity contribution >= 4 is 28.4 Å². The summed E-state index contributed by atoms with van der Waals surface area (Å²) in [5, 5.41) is 0.906. The van der Waals surface area contributed by atoms with E-state index in [1.165, 1.54) is 24.2 Å². The van der Waals surface area contributed by atoms with Crippen LogP contribution in [0.5, 0.6) is 0 Å². The molecule has 3 aromatic heterocycles. The minimum Gasteiger partial charge on any atom is -0.336 e. The van der Waals surface area contributed by atoms with Gasteiger partial charge in [0.15, 0.2) is 5.65 Å². The summed E-state index contributed by atoms with van der Waals surface area (Å²) >= 11 is 1.45. The Morgan fingerprint density at radius 1 is 1.28 bits per heavy atom. The van der Waals surface area contributed by atoms with Crippen LogP contribution < -0.4 is 5.69 Å². The number of thiazole rings is 1. The Bertz CT molecular complexity index is 1140. The topological polar surface area (TPSA) is 73.0 Å². The zero-order valence-electron chi connectivity index (χ0n) is 16.8. The molecule has 5 rings (SSSR count). The molecule has 1 aliphatic carbocycles. The number of rotatable bonds is 4. The first-order valence-corrected chi connectivity index (χ1v) is 11.1. The van der Waals surface area contributed by atoms with Crippen molar-refractivity contribution in [2.45, 2.75) is 52.1 Å². The minimum atomic E-state index is -0.0487. The molecule has 0 unspecified atom stereocenters. The second-order valence-electron chi connectivity index (χ2n) is 8.25. The Kier molecular flexibility index (Phi) is 4.53. The number of hydrogen-bond acceptors (Lipinski definition) is 5. The van der Waals surface area contributed by atoms with Crippen molar-refractivity contribution in [3.05, 3.63) is 44.4 Å². The van der Waals surface area contributed by atoms with Crippen molar-refractivity contribution in [2.75, 3.05) is 13.1 Å². The zero-order valence-corrected chi connectivity index (χ0v) is 17.6. The van der Waals surface area contributed by atoms with Crippen LogP contribution >= 0.6 is 11.3 Å². The van der Waals surface area contributed by atoms with Crippen LogP contribution in [0.3, 0.4) is 0 Å². The third kappa shape index (κ3) is 3.29. The van der Waals surface area contributed by atoms with Crippen molar-refractivity contribution in [3.63, 3.8) is 0 Å². The summed E-state index contributed by atoms with van der Waals surface area (Å²) in [6.45, 7) is 5.83. The van der Waals surface area contributed by atoms with Crippen LogP contribution in [0, 0.1) is 19.8 Å². The van der Waals surface area contributed by atoms with Crippen LogP contribution in [0.2, 0.25) is 0 Å². The first-order chi connectivity index (χ1) is 14.0. The third-order valence-electron chi connectivity index (χ3n) is 6.01. The Morgan fingerprint density at radius 3 is 2.83 bits per heavy atom. The van der Waals surface area contributed by atoms with E-state index in [0.717, 1.165) is 41.3 Å². The van der Waals surface area contributed by atoms with Gasteiger partial charge in [-0.2, -0.15) is 0 Å². The van der Waals surface area contributed by atoms with Crippen LogP contribution in [0.1, 0.15) is 52.1 Å². The highest BCUT2D eigenvalue weighted by Crippen LogP contribution is 2.32. The average Bonchev–Trinajstić information content (AvgIpc) is 3.42. The number of carbonyl (C=O) groups excluding carboxylic acids is 1. The van der Waals surface area contributed by atoms with Gasteiger partial charge in [-0.1, -0.05) is 0 Å². The van der Waals surface area contributed by atoms with Crippen LogP contribution in [-0.2, 0) is 6.54 Å². The first kappa shape index (κ1) is 18.5. The van der Waals surface area contributed by atoms with Crippen molar-refractivity contribution in [1.82, 2.24) is 24.0 Å². The van der Waals surface area contributed by atoms with Crippen LogP contribution in [-0.4, -0.2) is 43.0 Å². The molecule has 8 heteroatoms. The van der Waals surface area contributed by atoms with E-state index < -0.39 is 0 Å². The number of hydrogen-bond donors (Lipinski definition) is 0. The number of fused-ring (bicyclic) bond motifs is 1. The number of aromatic nitrogens is 4. The molecule has 0 N–H and O–H groups in total. The van der Waals surface area contributed by atoms with Crippen LogP contribution in [0.15, 0.2) is 23.1 Å². The monoisotopic (exact) mass is 411 g/mol. The summed E-state index contributed by atoms with van der Waals surface area (Å²) in [6.07, 6.45) is 5.89. The zero-order chi connectivity index (χ0) is 20.1. The molecular formula is C21H25N5O2S. The fraction of sp³-hybridized carbons (Fsp3) is 0.524. The van der Waals surface area contributed by atoms with Crippen molar-refractivity contribution in [3.8, 4) is 0 Å². The van der Waals surface area contributed by atoms with Gasteiger partial charge < -0.3 is 4.90 Å². The van der Waals surface area contributed by atoms with E-state index in [1.54, 1.807) is 6.20 Å². The average molecular weight is 412 g/mol. The Labute approximate surface area is 173 Å². The number of pyridine rings is 1. The molecule has 0 radical (unpaired) electrons. The van der Waals surface area contributed by atoms with Crippen molar-refractivity contribution in [2.24, 2.45) is 5.92 Å². The predicted molar refractivity (Wildman–Crippen MR) is 112 cm³/mol. The molecule has 1 saturated carbocycles. The molecule has 1 amide bonds. The van der Waals surface area contributed by atoms with E-state index in [9.17, 15) is 9.59 Å². The molecule has 0 spiro atoms. The first-order valence-electron chi connectivity index (χ1n) is 10.3. The Balaban J connectivity index is 1.49. The highest BCUT2D eigenvalue weighted by molar-refractivity contribution is 7.13. The summed E-state index contributed by atoms with van der Waals surface area (Å²) in [5.41, 5.74) is 2.44. The lowest BCUT2D eigenvalue weighted by atomic mass is 10.1. The molecule has 29 heavy (non-hydrogen) atoms. The fourth-order valence-corrected chi connectivity index (χ4v) is 5.28. The van der Waals surface area contributed by atoms with E-state index in [1.807, 2.05) is 40.0 Å². The van der Waals surface area contributed by atoms with E-state index in [4.69, 9.17) is 0 Å². The lowest BCUT2D eigenvalue weighted by Gasteiger charge is -2.33. The second-order valence-corrected chi connectivity index (χ2v) is 9.45. The Hall–Kier alpha value is -2.48. The maximum atomic E-state index is 13.3. The van der Waals surface area contributed by atoms with Gasteiger partial charge in [0.2, 0.25) is 0 Å². The molecule has 0 bridgehead atoms. The number of likely N-dealkylation sites (tertiary alicyclic amines) is 1. The van der Waals surface area contributed by atoms with Gasteiger partial charge in [0.05, 0.1) is 22.3 Å². The quantitative estimate of drug-likeness (QED) is 0.661. The van der Waals surface area contributed by atoms with E-state index in [-0.39, 0.29) is 17.6 Å². The smallest absolute Gasteiger partial charge is 0.330 e. The summed E-state index contributed by atoms with van der Waals surface area (Å²) in [5.74, 6) is 0.634. The van der Waals surface area contributed by atoms with Gasteiger partial charge in [-0.3, -0.25) is 13.9 Å². The van der Waals surface area contributed by atoms with Gasteiger partial charge in [0.25, 0.3) is 5.91 Å². The fourth-order valence-electron chi connectivity index (χ4n) is 4.40. The highest BCUT2D eigenvalue weighted by atomic mass is 32.1. The minimum absolute atomic E-state index is 0.00899. The SMILES string of the molecule is Cc1nc(C)c(C(=O)N2CCC[C@H](n3c(=O)n(CC4CC4)c4cccnc43)C2)s1. The molecule has 1 saturated heterocycles. The lowest BCUT2D eigenvalue weighted by Crippen LogP contribution is -2.43. The number of amides is 1. The van der Waals surface area contributed by atoms with Gasteiger partial charge in [0, 0.05) is 25.8 Å². The molecule has 152 valence electrons.